The lowest BCUT2D eigenvalue weighted by Gasteiger charge is -2.29. The maximum atomic E-state index is 5.58. The Bertz CT molecular complexity index is 526. The summed E-state index contributed by atoms with van der Waals surface area (Å²) in [5, 5.41) is 0. The predicted octanol–water partition coefficient (Wildman–Crippen LogP) is 1.59. The molecule has 0 saturated heterocycles. The maximum absolute atomic E-state index is 5.58. The monoisotopic (exact) mass is 228 g/mol. The number of nitrogen functional groups attached to an aromatic ring is 1. The number of benzene rings is 1. The average molecular weight is 228 g/mol. The summed E-state index contributed by atoms with van der Waals surface area (Å²) in [6.07, 6.45) is 3.22. The third-order valence-electron chi connectivity index (χ3n) is 2.63. The Morgan fingerprint density at radius 1 is 1.18 bits per heavy atom. The lowest BCUT2D eigenvalue weighted by molar-refractivity contribution is 0.313. The van der Waals surface area contributed by atoms with Crippen LogP contribution in [0.5, 0.6) is 5.75 Å². The van der Waals surface area contributed by atoms with Crippen molar-refractivity contribution in [2.45, 2.75) is 0 Å². The fraction of sp³-hybridized carbons (Fsp3) is 0.167. The van der Waals surface area contributed by atoms with E-state index in [0.717, 1.165) is 18.0 Å². The molecule has 17 heavy (non-hydrogen) atoms. The normalized spacial score (nSPS) is 14.0. The van der Waals surface area contributed by atoms with Gasteiger partial charge in [0.2, 0.25) is 5.95 Å². The Morgan fingerprint density at radius 3 is 2.76 bits per heavy atom. The Morgan fingerprint density at radius 2 is 1.94 bits per heavy atom. The molecule has 2 aromatic rings. The summed E-state index contributed by atoms with van der Waals surface area (Å²) in [6, 6.07) is 7.86. The molecule has 0 unspecified atom stereocenters. The van der Waals surface area contributed by atoms with Crippen molar-refractivity contribution in [2.75, 3.05) is 23.8 Å². The molecule has 0 saturated carbocycles. The minimum absolute atomic E-state index is 0.565. The van der Waals surface area contributed by atoms with Crippen molar-refractivity contribution in [3.8, 4) is 5.75 Å². The zero-order valence-corrected chi connectivity index (χ0v) is 9.21. The molecule has 0 fully saturated rings. The number of nitrogens with two attached hydrogens (primary N) is 1. The molecular formula is C12H12N4O. The minimum atomic E-state index is 0.565. The molecule has 0 spiro atoms. The molecular weight excluding hydrogens is 216 g/mol. The van der Waals surface area contributed by atoms with Gasteiger partial charge in [-0.3, -0.25) is 0 Å². The Kier molecular flexibility index (Phi) is 2.29. The maximum Gasteiger partial charge on any atom is 0.230 e. The highest BCUT2D eigenvalue weighted by Crippen LogP contribution is 2.34. The number of hydrogen-bond donors (Lipinski definition) is 1. The summed E-state index contributed by atoms with van der Waals surface area (Å²) in [5.41, 5.74) is 7.14. The van der Waals surface area contributed by atoms with Crippen LogP contribution in [0.15, 0.2) is 36.7 Å². The third kappa shape index (κ3) is 1.75. The van der Waals surface area contributed by atoms with E-state index >= 15 is 0 Å². The summed E-state index contributed by atoms with van der Waals surface area (Å²) < 4.78 is 5.58. The molecule has 5 nitrogen and oxygen atoms in total. The molecule has 0 amide bonds. The van der Waals surface area contributed by atoms with Gasteiger partial charge in [-0.15, -0.1) is 0 Å². The van der Waals surface area contributed by atoms with Crippen LogP contribution in [0.2, 0.25) is 0 Å². The van der Waals surface area contributed by atoms with Crippen LogP contribution in [0.1, 0.15) is 0 Å². The Labute approximate surface area is 98.9 Å². The minimum Gasteiger partial charge on any atom is -0.490 e. The van der Waals surface area contributed by atoms with Crippen molar-refractivity contribution in [3.63, 3.8) is 0 Å². The Balaban J connectivity index is 2.03. The smallest absolute Gasteiger partial charge is 0.230 e. The topological polar surface area (TPSA) is 64.3 Å². The molecule has 0 aliphatic carbocycles. The fourth-order valence-corrected chi connectivity index (χ4v) is 1.85. The van der Waals surface area contributed by atoms with Crippen molar-refractivity contribution < 1.29 is 4.74 Å². The first-order valence-corrected chi connectivity index (χ1v) is 5.41. The van der Waals surface area contributed by atoms with Crippen LogP contribution in [0.3, 0.4) is 0 Å². The van der Waals surface area contributed by atoms with E-state index in [2.05, 4.69) is 9.97 Å². The number of para-hydroxylation sites is 2. The molecule has 1 aliphatic heterocycles. The molecule has 1 aromatic carbocycles. The van der Waals surface area contributed by atoms with Crippen LogP contribution in [0.4, 0.5) is 17.3 Å². The Hall–Kier alpha value is -2.30. The summed E-state index contributed by atoms with van der Waals surface area (Å²) in [5.74, 6) is 1.51. The molecule has 0 bridgehead atoms. The summed E-state index contributed by atoms with van der Waals surface area (Å²) in [4.78, 5) is 10.5. The van der Waals surface area contributed by atoms with Gasteiger partial charge in [-0.05, 0) is 12.1 Å². The molecule has 1 aromatic heterocycles. The van der Waals surface area contributed by atoms with Crippen molar-refractivity contribution in [2.24, 2.45) is 0 Å². The first-order chi connectivity index (χ1) is 8.34. The summed E-state index contributed by atoms with van der Waals surface area (Å²) >= 11 is 0. The molecule has 1 aliphatic rings. The highest BCUT2D eigenvalue weighted by Gasteiger charge is 2.20. The van der Waals surface area contributed by atoms with Gasteiger partial charge in [0.1, 0.15) is 12.4 Å². The molecule has 2 N–H and O–H groups in total. The van der Waals surface area contributed by atoms with E-state index in [1.54, 1.807) is 12.4 Å². The largest absolute Gasteiger partial charge is 0.490 e. The van der Waals surface area contributed by atoms with Crippen LogP contribution in [-0.2, 0) is 0 Å². The van der Waals surface area contributed by atoms with E-state index in [4.69, 9.17) is 10.5 Å². The zero-order chi connectivity index (χ0) is 11.7. The van der Waals surface area contributed by atoms with E-state index in [1.165, 1.54) is 0 Å². The van der Waals surface area contributed by atoms with Crippen LogP contribution in [0, 0.1) is 0 Å². The second-order valence-electron chi connectivity index (χ2n) is 3.78. The highest BCUT2D eigenvalue weighted by molar-refractivity contribution is 5.66. The number of hydrogen-bond acceptors (Lipinski definition) is 5. The van der Waals surface area contributed by atoms with Gasteiger partial charge in [0.05, 0.1) is 30.3 Å². The van der Waals surface area contributed by atoms with Crippen LogP contribution in [0.25, 0.3) is 0 Å². The number of rotatable bonds is 1. The second-order valence-corrected chi connectivity index (χ2v) is 3.78. The van der Waals surface area contributed by atoms with Crippen molar-refractivity contribution in [1.29, 1.82) is 0 Å². The standard InChI is InChI=1S/C12H12N4O/c13-9-7-14-12(15-8-9)16-5-6-17-11-4-2-1-3-10(11)16/h1-4,7-8H,5-6,13H2. The molecule has 2 heterocycles. The number of fused-ring (bicyclic) bond motifs is 1. The number of nitrogens with zero attached hydrogens (tertiary/aromatic N) is 3. The molecule has 3 rings (SSSR count). The third-order valence-corrected chi connectivity index (χ3v) is 2.63. The summed E-state index contributed by atoms with van der Waals surface area (Å²) in [6.45, 7) is 1.37. The van der Waals surface area contributed by atoms with Gasteiger partial charge in [-0.2, -0.15) is 0 Å². The number of aromatic nitrogens is 2. The van der Waals surface area contributed by atoms with Gasteiger partial charge in [-0.1, -0.05) is 12.1 Å². The summed E-state index contributed by atoms with van der Waals surface area (Å²) in [7, 11) is 0. The fourth-order valence-electron chi connectivity index (χ4n) is 1.85. The quantitative estimate of drug-likeness (QED) is 0.803. The first kappa shape index (κ1) is 9.89. The van der Waals surface area contributed by atoms with Crippen LogP contribution in [-0.4, -0.2) is 23.1 Å². The second kappa shape index (κ2) is 3.93. The van der Waals surface area contributed by atoms with E-state index in [-0.39, 0.29) is 0 Å². The van der Waals surface area contributed by atoms with Crippen LogP contribution >= 0.6 is 0 Å². The molecule has 86 valence electrons. The number of ether oxygens (including phenoxy) is 1. The van der Waals surface area contributed by atoms with Gasteiger partial charge >= 0.3 is 0 Å². The van der Waals surface area contributed by atoms with Gasteiger partial charge in [-0.25, -0.2) is 9.97 Å². The van der Waals surface area contributed by atoms with Gasteiger partial charge in [0.25, 0.3) is 0 Å². The zero-order valence-electron chi connectivity index (χ0n) is 9.21. The molecule has 0 atom stereocenters. The molecule has 5 heteroatoms. The van der Waals surface area contributed by atoms with Gasteiger partial charge < -0.3 is 15.4 Å². The lowest BCUT2D eigenvalue weighted by Crippen LogP contribution is -2.29. The predicted molar refractivity (Wildman–Crippen MR) is 65.4 cm³/mol. The van der Waals surface area contributed by atoms with E-state index in [9.17, 15) is 0 Å². The SMILES string of the molecule is Nc1cnc(N2CCOc3ccccc32)nc1. The van der Waals surface area contributed by atoms with E-state index in [1.807, 2.05) is 29.2 Å². The van der Waals surface area contributed by atoms with E-state index < -0.39 is 0 Å². The van der Waals surface area contributed by atoms with Gasteiger partial charge in [0, 0.05) is 0 Å². The van der Waals surface area contributed by atoms with Crippen molar-refractivity contribution in [1.82, 2.24) is 9.97 Å². The van der Waals surface area contributed by atoms with Crippen molar-refractivity contribution >= 4 is 17.3 Å². The average Bonchev–Trinajstić information content (AvgIpc) is 2.39. The van der Waals surface area contributed by atoms with Crippen molar-refractivity contribution in [3.05, 3.63) is 36.7 Å². The first-order valence-electron chi connectivity index (χ1n) is 5.41. The van der Waals surface area contributed by atoms with Crippen LogP contribution < -0.4 is 15.4 Å². The molecule has 0 radical (unpaired) electrons. The highest BCUT2D eigenvalue weighted by atomic mass is 16.5. The van der Waals surface area contributed by atoms with E-state index in [0.29, 0.717) is 18.2 Å². The van der Waals surface area contributed by atoms with Gasteiger partial charge in [0.15, 0.2) is 0 Å². The lowest BCUT2D eigenvalue weighted by atomic mass is 10.2. The number of anilines is 3.